The summed E-state index contributed by atoms with van der Waals surface area (Å²) < 4.78 is 1.80. The molecule has 0 aromatic carbocycles. The van der Waals surface area contributed by atoms with Crippen LogP contribution in [0.2, 0.25) is 0 Å². The van der Waals surface area contributed by atoms with Gasteiger partial charge in [-0.05, 0) is 6.92 Å². The third-order valence-corrected chi connectivity index (χ3v) is 3.19. The van der Waals surface area contributed by atoms with Gasteiger partial charge in [0.05, 0.1) is 17.2 Å². The molecule has 0 bridgehead atoms. The lowest BCUT2D eigenvalue weighted by atomic mass is 10.5. The van der Waals surface area contributed by atoms with E-state index < -0.39 is 0 Å². The maximum atomic E-state index is 5.46. The number of aryl methyl sites for hydroxylation is 1. The fraction of sp³-hybridized carbons (Fsp3) is 0.500. The molecule has 2 aromatic heterocycles. The van der Waals surface area contributed by atoms with Crippen molar-refractivity contribution in [3.8, 4) is 0 Å². The second-order valence-corrected chi connectivity index (χ2v) is 5.02. The van der Waals surface area contributed by atoms with Crippen molar-refractivity contribution in [2.45, 2.75) is 26.6 Å². The molecule has 3 N–H and O–H groups in total. The van der Waals surface area contributed by atoms with E-state index in [4.69, 9.17) is 5.73 Å². The van der Waals surface area contributed by atoms with Crippen molar-refractivity contribution in [3.05, 3.63) is 28.0 Å². The molecule has 92 valence electrons. The zero-order chi connectivity index (χ0) is 12.1. The summed E-state index contributed by atoms with van der Waals surface area (Å²) in [5, 5.41) is 12.3. The summed E-state index contributed by atoms with van der Waals surface area (Å²) in [4.78, 5) is 5.46. The molecule has 0 unspecified atom stereocenters. The van der Waals surface area contributed by atoms with Crippen LogP contribution in [0.3, 0.4) is 0 Å². The number of thiazole rings is 1. The van der Waals surface area contributed by atoms with Gasteiger partial charge in [-0.25, -0.2) is 4.98 Å². The lowest BCUT2D eigenvalue weighted by Gasteiger charge is -2.02. The molecule has 0 atom stereocenters. The Morgan fingerprint density at radius 1 is 1.53 bits per heavy atom. The molecule has 0 aliphatic carbocycles. The Bertz CT molecular complexity index is 463. The van der Waals surface area contributed by atoms with Crippen LogP contribution in [-0.4, -0.2) is 26.5 Å². The molecule has 7 heteroatoms. The van der Waals surface area contributed by atoms with Gasteiger partial charge in [0.25, 0.3) is 0 Å². The molecule has 0 fully saturated rings. The van der Waals surface area contributed by atoms with Crippen molar-refractivity contribution in [3.63, 3.8) is 0 Å². The third kappa shape index (κ3) is 3.58. The lowest BCUT2D eigenvalue weighted by molar-refractivity contribution is 0.541. The first-order valence-corrected chi connectivity index (χ1v) is 6.30. The summed E-state index contributed by atoms with van der Waals surface area (Å²) in [6.45, 7) is 4.95. The van der Waals surface area contributed by atoms with E-state index in [1.54, 1.807) is 16.0 Å². The van der Waals surface area contributed by atoms with Crippen molar-refractivity contribution in [2.24, 2.45) is 5.73 Å². The highest BCUT2D eigenvalue weighted by atomic mass is 32.1. The molecule has 0 saturated heterocycles. The van der Waals surface area contributed by atoms with E-state index in [-0.39, 0.29) is 0 Å². The van der Waals surface area contributed by atoms with Crippen LogP contribution in [0.25, 0.3) is 0 Å². The van der Waals surface area contributed by atoms with Gasteiger partial charge in [0.15, 0.2) is 0 Å². The third-order valence-electron chi connectivity index (χ3n) is 2.28. The van der Waals surface area contributed by atoms with Gasteiger partial charge >= 0.3 is 0 Å². The number of rotatable bonds is 6. The van der Waals surface area contributed by atoms with Crippen LogP contribution in [0, 0.1) is 6.92 Å². The summed E-state index contributed by atoms with van der Waals surface area (Å²) in [7, 11) is 0. The Morgan fingerprint density at radius 2 is 2.41 bits per heavy atom. The molecule has 17 heavy (non-hydrogen) atoms. The van der Waals surface area contributed by atoms with E-state index >= 15 is 0 Å². The minimum absolute atomic E-state index is 0.438. The van der Waals surface area contributed by atoms with Gasteiger partial charge < -0.3 is 11.1 Å². The number of nitrogens with two attached hydrogens (primary N) is 1. The number of hydrogen-bond acceptors (Lipinski definition) is 6. The zero-order valence-corrected chi connectivity index (χ0v) is 10.6. The Kier molecular flexibility index (Phi) is 4.18. The first-order chi connectivity index (χ1) is 8.28. The maximum absolute atomic E-state index is 5.46. The quantitative estimate of drug-likeness (QED) is 0.722. The monoisotopic (exact) mass is 252 g/mol. The molecule has 2 heterocycles. The summed E-state index contributed by atoms with van der Waals surface area (Å²) in [6, 6.07) is 0. The summed E-state index contributed by atoms with van der Waals surface area (Å²) in [5.41, 5.74) is 6.28. The van der Waals surface area contributed by atoms with Crippen molar-refractivity contribution >= 4 is 11.3 Å². The van der Waals surface area contributed by atoms with Gasteiger partial charge in [0.2, 0.25) is 0 Å². The molecule has 2 rings (SSSR count). The smallest absolute Gasteiger partial charge is 0.0962 e. The van der Waals surface area contributed by atoms with Crippen LogP contribution < -0.4 is 11.1 Å². The van der Waals surface area contributed by atoms with Crippen molar-refractivity contribution < 1.29 is 0 Å². The minimum Gasteiger partial charge on any atom is -0.325 e. The predicted molar refractivity (Wildman–Crippen MR) is 66.5 cm³/mol. The van der Waals surface area contributed by atoms with Gasteiger partial charge in [-0.15, -0.1) is 16.4 Å². The molecule has 0 radical (unpaired) electrons. The van der Waals surface area contributed by atoms with Crippen molar-refractivity contribution in [1.82, 2.24) is 25.3 Å². The number of nitrogens with one attached hydrogen (secondary N) is 1. The summed E-state index contributed by atoms with van der Waals surface area (Å²) >= 11 is 1.72. The topological polar surface area (TPSA) is 81.7 Å². The lowest BCUT2D eigenvalue weighted by Crippen LogP contribution is -2.19. The highest BCUT2D eigenvalue weighted by molar-refractivity contribution is 7.11. The van der Waals surface area contributed by atoms with Crippen molar-refractivity contribution in [2.75, 3.05) is 6.54 Å². The second-order valence-electron chi connectivity index (χ2n) is 3.70. The fourth-order valence-electron chi connectivity index (χ4n) is 1.43. The highest BCUT2D eigenvalue weighted by Crippen LogP contribution is 2.10. The highest BCUT2D eigenvalue weighted by Gasteiger charge is 1.99. The van der Waals surface area contributed by atoms with E-state index in [9.17, 15) is 0 Å². The van der Waals surface area contributed by atoms with Gasteiger partial charge in [-0.3, -0.25) is 4.68 Å². The molecule has 0 amide bonds. The molecular weight excluding hydrogens is 236 g/mol. The Labute approximate surface area is 104 Å². The first kappa shape index (κ1) is 12.2. The number of aromatic nitrogens is 4. The maximum Gasteiger partial charge on any atom is 0.0962 e. The minimum atomic E-state index is 0.438. The van der Waals surface area contributed by atoms with Crippen LogP contribution in [0.5, 0.6) is 0 Å². The molecular formula is C10H16N6S. The van der Waals surface area contributed by atoms with E-state index in [1.807, 2.05) is 19.3 Å². The molecule has 0 spiro atoms. The number of hydrogen-bond donors (Lipinski definition) is 2. The van der Waals surface area contributed by atoms with Crippen LogP contribution >= 0.6 is 11.3 Å². The predicted octanol–water partition coefficient (Wildman–Crippen LogP) is 0.292. The SMILES string of the molecule is Cc1ncc(CNCCn2cc(CN)nn2)s1. The summed E-state index contributed by atoms with van der Waals surface area (Å²) in [6.07, 6.45) is 3.79. The van der Waals surface area contributed by atoms with E-state index in [0.717, 1.165) is 30.3 Å². The summed E-state index contributed by atoms with van der Waals surface area (Å²) in [5.74, 6) is 0. The van der Waals surface area contributed by atoms with Crippen LogP contribution in [-0.2, 0) is 19.6 Å². The molecule has 0 aliphatic heterocycles. The van der Waals surface area contributed by atoms with Crippen LogP contribution in [0.15, 0.2) is 12.4 Å². The van der Waals surface area contributed by atoms with Gasteiger partial charge in [-0.1, -0.05) is 5.21 Å². The Hall–Kier alpha value is -1.31. The van der Waals surface area contributed by atoms with Gasteiger partial charge in [-0.2, -0.15) is 0 Å². The Morgan fingerprint density at radius 3 is 3.06 bits per heavy atom. The number of nitrogens with zero attached hydrogens (tertiary/aromatic N) is 4. The normalized spacial score (nSPS) is 10.9. The second kappa shape index (κ2) is 5.85. The standard InChI is InChI=1S/C10H16N6S/c1-8-13-6-10(17-8)5-12-2-3-16-7-9(4-11)14-15-16/h6-7,12H,2-5,11H2,1H3. The van der Waals surface area contributed by atoms with Gasteiger partial charge in [0, 0.05) is 36.9 Å². The van der Waals surface area contributed by atoms with Gasteiger partial charge in [0.1, 0.15) is 0 Å². The van der Waals surface area contributed by atoms with Crippen molar-refractivity contribution in [1.29, 1.82) is 0 Å². The van der Waals surface area contributed by atoms with E-state index in [1.165, 1.54) is 4.88 Å². The molecule has 0 saturated carbocycles. The average molecular weight is 252 g/mol. The molecule has 2 aromatic rings. The van der Waals surface area contributed by atoms with E-state index in [0.29, 0.717) is 6.54 Å². The van der Waals surface area contributed by atoms with Crippen LogP contribution in [0.1, 0.15) is 15.6 Å². The van der Waals surface area contributed by atoms with Crippen LogP contribution in [0.4, 0.5) is 0 Å². The molecule has 0 aliphatic rings. The fourth-order valence-corrected chi connectivity index (χ4v) is 2.20. The Balaban J connectivity index is 1.69. The average Bonchev–Trinajstić information content (AvgIpc) is 2.93. The largest absolute Gasteiger partial charge is 0.325 e. The molecule has 6 nitrogen and oxygen atoms in total. The first-order valence-electron chi connectivity index (χ1n) is 5.49. The zero-order valence-electron chi connectivity index (χ0n) is 9.76. The van der Waals surface area contributed by atoms with E-state index in [2.05, 4.69) is 20.6 Å².